The minimum Gasteiger partial charge on any atom is -0.359 e. The molecule has 1 fully saturated rings. The molecule has 0 saturated carbocycles. The van der Waals surface area contributed by atoms with Gasteiger partial charge >= 0.3 is 6.03 Å². The van der Waals surface area contributed by atoms with E-state index in [9.17, 15) is 14.4 Å². The maximum Gasteiger partial charge on any atom is 0.322 e. The number of hydrogen-bond donors (Lipinski definition) is 3. The van der Waals surface area contributed by atoms with Gasteiger partial charge in [0.15, 0.2) is 0 Å². The molecule has 124 valence electrons. The van der Waals surface area contributed by atoms with Gasteiger partial charge in [-0.1, -0.05) is 6.07 Å². The van der Waals surface area contributed by atoms with E-state index >= 15 is 0 Å². The van der Waals surface area contributed by atoms with Crippen LogP contribution in [-0.2, 0) is 9.59 Å². The summed E-state index contributed by atoms with van der Waals surface area (Å²) >= 11 is 1.58. The van der Waals surface area contributed by atoms with E-state index in [2.05, 4.69) is 16.0 Å². The summed E-state index contributed by atoms with van der Waals surface area (Å²) in [6, 6.07) is 6.27. The fourth-order valence-electron chi connectivity index (χ4n) is 2.33. The van der Waals surface area contributed by atoms with Crippen LogP contribution in [0.3, 0.4) is 0 Å². The molecule has 0 aromatic heterocycles. The van der Waals surface area contributed by atoms with Crippen LogP contribution in [0.15, 0.2) is 29.2 Å². The first kappa shape index (κ1) is 17.1. The lowest BCUT2D eigenvalue weighted by Crippen LogP contribution is -2.59. The zero-order valence-electron chi connectivity index (χ0n) is 13.1. The average Bonchev–Trinajstić information content (AvgIpc) is 2.56. The Morgan fingerprint density at radius 2 is 2.22 bits per heavy atom. The van der Waals surface area contributed by atoms with Crippen molar-refractivity contribution >= 4 is 35.3 Å². The number of thioether (sulfide) groups is 1. The van der Waals surface area contributed by atoms with E-state index in [-0.39, 0.29) is 24.3 Å². The molecule has 1 aromatic rings. The molecule has 3 N–H and O–H groups in total. The minimum atomic E-state index is -0.799. The molecule has 1 saturated heterocycles. The summed E-state index contributed by atoms with van der Waals surface area (Å²) in [7, 11) is 1.50. The predicted molar refractivity (Wildman–Crippen MR) is 89.4 cm³/mol. The summed E-state index contributed by atoms with van der Waals surface area (Å²) in [4.78, 5) is 38.5. The van der Waals surface area contributed by atoms with Crippen molar-refractivity contribution in [3.63, 3.8) is 0 Å². The molecule has 7 nitrogen and oxygen atoms in total. The number of nitrogens with one attached hydrogen (secondary N) is 3. The molecule has 1 unspecified atom stereocenters. The fraction of sp³-hybridized carbons (Fsp3) is 0.400. The molecule has 0 bridgehead atoms. The van der Waals surface area contributed by atoms with E-state index in [0.29, 0.717) is 18.8 Å². The molecular formula is C15H20N4O3S. The number of amides is 4. The second-order valence-corrected chi connectivity index (χ2v) is 5.92. The minimum absolute atomic E-state index is 0.0550. The number of carbonyl (C=O) groups excluding carboxylic acids is 3. The van der Waals surface area contributed by atoms with Gasteiger partial charge in [-0.2, -0.15) is 0 Å². The van der Waals surface area contributed by atoms with E-state index in [0.717, 1.165) is 4.90 Å². The Bertz CT molecular complexity index is 608. The summed E-state index contributed by atoms with van der Waals surface area (Å²) in [5.41, 5.74) is 0.659. The van der Waals surface area contributed by atoms with Gasteiger partial charge in [0.05, 0.1) is 6.42 Å². The number of rotatable bonds is 4. The molecule has 1 aromatic carbocycles. The number of carbonyl (C=O) groups is 3. The highest BCUT2D eigenvalue weighted by atomic mass is 32.2. The quantitative estimate of drug-likeness (QED) is 0.712. The smallest absolute Gasteiger partial charge is 0.322 e. The van der Waals surface area contributed by atoms with Crippen molar-refractivity contribution in [3.8, 4) is 0 Å². The highest BCUT2D eigenvalue weighted by molar-refractivity contribution is 7.98. The highest BCUT2D eigenvalue weighted by Gasteiger charge is 2.34. The number of benzene rings is 1. The van der Waals surface area contributed by atoms with Gasteiger partial charge in [0, 0.05) is 30.7 Å². The fourth-order valence-corrected chi connectivity index (χ4v) is 2.79. The van der Waals surface area contributed by atoms with Crippen molar-refractivity contribution in [2.24, 2.45) is 0 Å². The molecule has 0 radical (unpaired) electrons. The predicted octanol–water partition coefficient (Wildman–Crippen LogP) is 0.877. The molecule has 1 atom stereocenters. The van der Waals surface area contributed by atoms with E-state index in [1.807, 2.05) is 24.5 Å². The largest absolute Gasteiger partial charge is 0.359 e. The zero-order chi connectivity index (χ0) is 16.8. The van der Waals surface area contributed by atoms with Gasteiger partial charge in [-0.25, -0.2) is 4.79 Å². The van der Waals surface area contributed by atoms with Crippen LogP contribution in [0.1, 0.15) is 6.42 Å². The maximum absolute atomic E-state index is 12.5. The molecule has 1 aliphatic rings. The molecule has 2 rings (SSSR count). The summed E-state index contributed by atoms with van der Waals surface area (Å²) in [5, 5.41) is 7.95. The number of nitrogens with zero attached hydrogens (tertiary/aromatic N) is 1. The highest BCUT2D eigenvalue weighted by Crippen LogP contribution is 2.20. The SMILES string of the molecule is CNC(=O)CC1C(=O)NCCN1C(=O)Nc1cccc(SC)c1. The Kier molecular flexibility index (Phi) is 5.86. The number of hydrogen-bond acceptors (Lipinski definition) is 4. The second-order valence-electron chi connectivity index (χ2n) is 5.04. The van der Waals surface area contributed by atoms with Gasteiger partial charge in [0.2, 0.25) is 11.8 Å². The normalized spacial score (nSPS) is 17.4. The number of urea groups is 1. The summed E-state index contributed by atoms with van der Waals surface area (Å²) in [6.07, 6.45) is 1.90. The van der Waals surface area contributed by atoms with Crippen molar-refractivity contribution in [3.05, 3.63) is 24.3 Å². The third-order valence-electron chi connectivity index (χ3n) is 3.57. The van der Waals surface area contributed by atoms with E-state index < -0.39 is 6.04 Å². The van der Waals surface area contributed by atoms with Crippen molar-refractivity contribution in [1.82, 2.24) is 15.5 Å². The third-order valence-corrected chi connectivity index (χ3v) is 4.30. The van der Waals surface area contributed by atoms with Gasteiger partial charge in [0.1, 0.15) is 6.04 Å². The van der Waals surface area contributed by atoms with E-state index in [1.54, 1.807) is 17.8 Å². The Labute approximate surface area is 139 Å². The van der Waals surface area contributed by atoms with Crippen LogP contribution in [0.25, 0.3) is 0 Å². The summed E-state index contributed by atoms with van der Waals surface area (Å²) < 4.78 is 0. The van der Waals surface area contributed by atoms with Crippen molar-refractivity contribution in [1.29, 1.82) is 0 Å². The van der Waals surface area contributed by atoms with Crippen LogP contribution >= 0.6 is 11.8 Å². The first-order valence-electron chi connectivity index (χ1n) is 7.25. The van der Waals surface area contributed by atoms with Gasteiger partial charge in [-0.3, -0.25) is 9.59 Å². The Morgan fingerprint density at radius 1 is 1.43 bits per heavy atom. The van der Waals surface area contributed by atoms with Crippen LogP contribution in [0, 0.1) is 0 Å². The van der Waals surface area contributed by atoms with Crippen LogP contribution in [-0.4, -0.2) is 55.2 Å². The number of anilines is 1. The molecule has 0 aliphatic carbocycles. The summed E-state index contributed by atoms with van der Waals surface area (Å²) in [5.74, 6) is -0.595. The lowest BCUT2D eigenvalue weighted by Gasteiger charge is -2.34. The topological polar surface area (TPSA) is 90.5 Å². The molecule has 4 amide bonds. The van der Waals surface area contributed by atoms with Crippen LogP contribution < -0.4 is 16.0 Å². The number of piperazine rings is 1. The molecule has 1 aliphatic heterocycles. The Morgan fingerprint density at radius 3 is 2.91 bits per heavy atom. The summed E-state index contributed by atoms with van der Waals surface area (Å²) in [6.45, 7) is 0.739. The first-order valence-corrected chi connectivity index (χ1v) is 8.47. The van der Waals surface area contributed by atoms with Crippen LogP contribution in [0.4, 0.5) is 10.5 Å². The molecule has 23 heavy (non-hydrogen) atoms. The van der Waals surface area contributed by atoms with Crippen LogP contribution in [0.2, 0.25) is 0 Å². The van der Waals surface area contributed by atoms with Gasteiger partial charge < -0.3 is 20.9 Å². The molecule has 8 heteroatoms. The molecule has 1 heterocycles. The van der Waals surface area contributed by atoms with Gasteiger partial charge in [0.25, 0.3) is 0 Å². The zero-order valence-corrected chi connectivity index (χ0v) is 13.9. The lowest BCUT2D eigenvalue weighted by molar-refractivity contribution is -0.132. The Hall–Kier alpha value is -2.22. The van der Waals surface area contributed by atoms with E-state index in [4.69, 9.17) is 0 Å². The standard InChI is InChI=1S/C15H20N4O3S/c1-16-13(20)9-12-14(21)17-6-7-19(12)15(22)18-10-4-3-5-11(8-10)23-2/h3-5,8,12H,6-7,9H2,1-2H3,(H,16,20)(H,17,21)(H,18,22). The van der Waals surface area contributed by atoms with Crippen molar-refractivity contribution < 1.29 is 14.4 Å². The Balaban J connectivity index is 2.11. The van der Waals surface area contributed by atoms with Gasteiger partial charge in [-0.15, -0.1) is 11.8 Å². The maximum atomic E-state index is 12.5. The molecule has 0 spiro atoms. The van der Waals surface area contributed by atoms with Crippen molar-refractivity contribution in [2.75, 3.05) is 31.7 Å². The first-order chi connectivity index (χ1) is 11.0. The van der Waals surface area contributed by atoms with Gasteiger partial charge in [-0.05, 0) is 24.5 Å². The average molecular weight is 336 g/mol. The van der Waals surface area contributed by atoms with Crippen molar-refractivity contribution in [2.45, 2.75) is 17.4 Å². The molecular weight excluding hydrogens is 316 g/mol. The monoisotopic (exact) mass is 336 g/mol. The van der Waals surface area contributed by atoms with Crippen LogP contribution in [0.5, 0.6) is 0 Å². The third kappa shape index (κ3) is 4.38. The van der Waals surface area contributed by atoms with E-state index in [1.165, 1.54) is 11.9 Å². The second kappa shape index (κ2) is 7.87. The lowest BCUT2D eigenvalue weighted by atomic mass is 10.1.